The summed E-state index contributed by atoms with van der Waals surface area (Å²) in [5.74, 6) is 0.693. The summed E-state index contributed by atoms with van der Waals surface area (Å²) in [7, 11) is 0. The molecule has 7 nitrogen and oxygen atoms in total. The molecule has 28 heavy (non-hydrogen) atoms. The first-order valence-corrected chi connectivity index (χ1v) is 10.1. The quantitative estimate of drug-likeness (QED) is 0.751. The van der Waals surface area contributed by atoms with Gasteiger partial charge in [0.2, 0.25) is 5.82 Å². The van der Waals surface area contributed by atoms with Crippen molar-refractivity contribution in [2.24, 2.45) is 0 Å². The van der Waals surface area contributed by atoms with Gasteiger partial charge in [0, 0.05) is 24.5 Å². The molecule has 0 spiro atoms. The number of nitrogens with one attached hydrogen (secondary N) is 1. The van der Waals surface area contributed by atoms with Gasteiger partial charge in [-0.1, -0.05) is 31.4 Å². The van der Waals surface area contributed by atoms with Gasteiger partial charge in [0.25, 0.3) is 5.91 Å². The third kappa shape index (κ3) is 3.20. The summed E-state index contributed by atoms with van der Waals surface area (Å²) in [6.07, 6.45) is 5.63. The first-order chi connectivity index (χ1) is 13.8. The number of carbonyl (C=O) groups is 1. The monoisotopic (exact) mass is 380 g/mol. The number of fused-ring (bicyclic) bond motifs is 3. The summed E-state index contributed by atoms with van der Waals surface area (Å²) in [5.41, 5.74) is 2.09. The van der Waals surface area contributed by atoms with E-state index in [-0.39, 0.29) is 17.8 Å². The molecule has 1 aliphatic carbocycles. The van der Waals surface area contributed by atoms with Crippen LogP contribution in [-0.2, 0) is 4.74 Å². The Morgan fingerprint density at radius 3 is 2.68 bits per heavy atom. The zero-order valence-corrected chi connectivity index (χ0v) is 15.8. The summed E-state index contributed by atoms with van der Waals surface area (Å²) in [6.45, 7) is 2.70. The number of ether oxygens (including phenoxy) is 1. The van der Waals surface area contributed by atoms with Gasteiger partial charge < -0.3 is 19.4 Å². The Kier molecular flexibility index (Phi) is 4.60. The molecule has 0 radical (unpaired) electrons. The van der Waals surface area contributed by atoms with Crippen molar-refractivity contribution in [2.75, 3.05) is 31.2 Å². The van der Waals surface area contributed by atoms with Crippen molar-refractivity contribution in [3.05, 3.63) is 30.1 Å². The van der Waals surface area contributed by atoms with Crippen LogP contribution in [0.3, 0.4) is 0 Å². The highest BCUT2D eigenvalue weighted by molar-refractivity contribution is 6.07. The molecule has 5 rings (SSSR count). The van der Waals surface area contributed by atoms with E-state index in [4.69, 9.17) is 9.15 Å². The zero-order valence-electron chi connectivity index (χ0n) is 15.8. The molecule has 146 valence electrons. The highest BCUT2D eigenvalue weighted by atomic mass is 16.5. The third-order valence-electron chi connectivity index (χ3n) is 5.66. The van der Waals surface area contributed by atoms with Gasteiger partial charge in [-0.2, -0.15) is 0 Å². The third-order valence-corrected chi connectivity index (χ3v) is 5.66. The number of hydrogen-bond donors (Lipinski definition) is 1. The fourth-order valence-corrected chi connectivity index (χ4v) is 4.16. The van der Waals surface area contributed by atoms with E-state index in [1.165, 1.54) is 6.42 Å². The van der Waals surface area contributed by atoms with Crippen molar-refractivity contribution in [3.8, 4) is 0 Å². The predicted molar refractivity (Wildman–Crippen MR) is 107 cm³/mol. The number of hydrogen-bond acceptors (Lipinski definition) is 6. The van der Waals surface area contributed by atoms with Crippen LogP contribution in [0, 0.1) is 0 Å². The Morgan fingerprint density at radius 1 is 1.07 bits per heavy atom. The fraction of sp³-hybridized carbons (Fsp3) is 0.476. The standard InChI is InChI=1S/C21H24N4O3/c26-21(22-14-6-2-1-3-7-14)19-23-17-15-8-4-5-9-16(15)28-18(17)20(24-19)25-10-12-27-13-11-25/h4-5,8-9,14H,1-3,6-7,10-13H2,(H,22,26). The number of morpholine rings is 1. The Labute approximate surface area is 163 Å². The number of anilines is 1. The molecule has 1 amide bonds. The van der Waals surface area contributed by atoms with Gasteiger partial charge >= 0.3 is 0 Å². The molecule has 3 heterocycles. The number of carbonyl (C=O) groups excluding carboxylic acids is 1. The summed E-state index contributed by atoms with van der Waals surface area (Å²) in [5, 5.41) is 4.04. The van der Waals surface area contributed by atoms with Gasteiger partial charge in [-0.05, 0) is 25.0 Å². The van der Waals surface area contributed by atoms with E-state index < -0.39 is 0 Å². The minimum Gasteiger partial charge on any atom is -0.450 e. The van der Waals surface area contributed by atoms with Gasteiger partial charge in [-0.3, -0.25) is 4.79 Å². The first kappa shape index (κ1) is 17.4. The van der Waals surface area contributed by atoms with E-state index >= 15 is 0 Å². The minimum absolute atomic E-state index is 0.200. The number of benzene rings is 1. The average molecular weight is 380 g/mol. The summed E-state index contributed by atoms with van der Waals surface area (Å²) in [6, 6.07) is 7.99. The lowest BCUT2D eigenvalue weighted by atomic mass is 9.95. The lowest BCUT2D eigenvalue weighted by Gasteiger charge is -2.28. The van der Waals surface area contributed by atoms with Crippen LogP contribution >= 0.6 is 0 Å². The van der Waals surface area contributed by atoms with E-state index in [0.29, 0.717) is 43.2 Å². The average Bonchev–Trinajstić information content (AvgIpc) is 3.13. The second-order valence-electron chi connectivity index (χ2n) is 7.55. The highest BCUT2D eigenvalue weighted by Crippen LogP contribution is 2.33. The maximum absolute atomic E-state index is 12.9. The molecule has 1 aliphatic heterocycles. The van der Waals surface area contributed by atoms with Crippen LogP contribution < -0.4 is 10.2 Å². The number of aromatic nitrogens is 2. The topological polar surface area (TPSA) is 80.5 Å². The van der Waals surface area contributed by atoms with E-state index in [2.05, 4.69) is 20.2 Å². The molecular weight excluding hydrogens is 356 g/mol. The normalized spacial score (nSPS) is 18.6. The number of para-hydroxylation sites is 1. The van der Waals surface area contributed by atoms with Crippen molar-refractivity contribution in [3.63, 3.8) is 0 Å². The maximum Gasteiger partial charge on any atom is 0.289 e. The molecular formula is C21H24N4O3. The lowest BCUT2D eigenvalue weighted by molar-refractivity contribution is 0.0917. The summed E-state index contributed by atoms with van der Waals surface area (Å²) >= 11 is 0. The Balaban J connectivity index is 1.58. The number of amides is 1. The van der Waals surface area contributed by atoms with Crippen LogP contribution in [0.5, 0.6) is 0 Å². The van der Waals surface area contributed by atoms with Crippen LogP contribution in [0.2, 0.25) is 0 Å². The van der Waals surface area contributed by atoms with Crippen molar-refractivity contribution < 1.29 is 13.9 Å². The molecule has 1 saturated heterocycles. The van der Waals surface area contributed by atoms with Crippen LogP contribution in [0.15, 0.2) is 28.7 Å². The lowest BCUT2D eigenvalue weighted by Crippen LogP contribution is -2.39. The Hall–Kier alpha value is -2.67. The molecule has 3 aromatic rings. The van der Waals surface area contributed by atoms with Crippen LogP contribution in [0.1, 0.15) is 42.7 Å². The van der Waals surface area contributed by atoms with Gasteiger partial charge in [-0.25, -0.2) is 9.97 Å². The summed E-state index contributed by atoms with van der Waals surface area (Å²) < 4.78 is 11.6. The molecule has 1 saturated carbocycles. The molecule has 2 aliphatic rings. The number of furan rings is 1. The molecule has 7 heteroatoms. The van der Waals surface area contributed by atoms with Crippen LogP contribution in [0.25, 0.3) is 22.1 Å². The second kappa shape index (κ2) is 7.39. The highest BCUT2D eigenvalue weighted by Gasteiger charge is 2.25. The van der Waals surface area contributed by atoms with Crippen molar-refractivity contribution >= 4 is 33.8 Å². The van der Waals surface area contributed by atoms with E-state index in [9.17, 15) is 4.79 Å². The molecule has 0 bridgehead atoms. The smallest absolute Gasteiger partial charge is 0.289 e. The van der Waals surface area contributed by atoms with Gasteiger partial charge in [0.15, 0.2) is 11.4 Å². The van der Waals surface area contributed by atoms with Gasteiger partial charge in [0.05, 0.1) is 13.2 Å². The van der Waals surface area contributed by atoms with Crippen molar-refractivity contribution in [2.45, 2.75) is 38.1 Å². The molecule has 0 unspecified atom stereocenters. The van der Waals surface area contributed by atoms with Gasteiger partial charge in [-0.15, -0.1) is 0 Å². The maximum atomic E-state index is 12.9. The molecule has 1 aromatic carbocycles. The van der Waals surface area contributed by atoms with Crippen molar-refractivity contribution in [1.29, 1.82) is 0 Å². The molecule has 2 fully saturated rings. The number of nitrogens with zero attached hydrogens (tertiary/aromatic N) is 3. The van der Waals surface area contributed by atoms with E-state index in [1.54, 1.807) is 0 Å². The fourth-order valence-electron chi connectivity index (χ4n) is 4.16. The number of rotatable bonds is 3. The SMILES string of the molecule is O=C(NC1CCCCC1)c1nc(N2CCOCC2)c2oc3ccccc3c2n1. The van der Waals surface area contributed by atoms with E-state index in [0.717, 1.165) is 36.7 Å². The van der Waals surface area contributed by atoms with Gasteiger partial charge in [0.1, 0.15) is 11.1 Å². The van der Waals surface area contributed by atoms with Crippen LogP contribution in [0.4, 0.5) is 5.82 Å². The molecule has 0 atom stereocenters. The van der Waals surface area contributed by atoms with Crippen molar-refractivity contribution in [1.82, 2.24) is 15.3 Å². The molecule has 1 N–H and O–H groups in total. The van der Waals surface area contributed by atoms with E-state index in [1.807, 2.05) is 24.3 Å². The minimum atomic E-state index is -0.200. The second-order valence-corrected chi connectivity index (χ2v) is 7.55. The largest absolute Gasteiger partial charge is 0.450 e. The Morgan fingerprint density at radius 2 is 1.86 bits per heavy atom. The predicted octanol–water partition coefficient (Wildman–Crippen LogP) is 3.28. The van der Waals surface area contributed by atoms with Crippen LogP contribution in [-0.4, -0.2) is 48.2 Å². The molecule has 2 aromatic heterocycles. The summed E-state index contributed by atoms with van der Waals surface area (Å²) in [4.78, 5) is 24.3. The zero-order chi connectivity index (χ0) is 18.9. The Bertz CT molecular complexity index is 1000. The first-order valence-electron chi connectivity index (χ1n) is 10.1.